The van der Waals surface area contributed by atoms with Crippen LogP contribution in [0, 0.1) is 5.82 Å². The summed E-state index contributed by atoms with van der Waals surface area (Å²) < 4.78 is 42.7. The van der Waals surface area contributed by atoms with Crippen LogP contribution in [0.3, 0.4) is 0 Å². The van der Waals surface area contributed by atoms with Crippen molar-refractivity contribution >= 4 is 32.7 Å². The Labute approximate surface area is 174 Å². The average Bonchev–Trinajstić information content (AvgIpc) is 3.01. The van der Waals surface area contributed by atoms with Gasteiger partial charge < -0.3 is 14.6 Å². The fraction of sp³-hybridized carbons (Fsp3) is 0.286. The number of hydrogen-bond acceptors (Lipinski definition) is 4. The van der Waals surface area contributed by atoms with Crippen molar-refractivity contribution in [2.75, 3.05) is 25.5 Å². The van der Waals surface area contributed by atoms with Gasteiger partial charge in [0.2, 0.25) is 10.0 Å². The highest BCUT2D eigenvalue weighted by Crippen LogP contribution is 2.36. The zero-order valence-electron chi connectivity index (χ0n) is 16.6. The van der Waals surface area contributed by atoms with Crippen molar-refractivity contribution in [2.45, 2.75) is 23.9 Å². The number of halogens is 1. The predicted octanol–water partition coefficient (Wildman–Crippen LogP) is 2.55. The molecule has 0 saturated carbocycles. The standard InChI is InChI=1S/C21H22FN3O4S/c1-23-12-15(24(2)30(28,29)16-9-7-14(22)8-10-16)13-25-19-6-4-3-5-17(19)18(21(23)25)11-20(26)27/h3-10,15H,11-13H2,1-2H3,(H,26,27). The number of fused-ring (bicyclic) bond motifs is 3. The number of likely N-dealkylation sites (N-methyl/N-ethyl adjacent to an activating group) is 2. The van der Waals surface area contributed by atoms with Crippen LogP contribution in [-0.2, 0) is 27.8 Å². The monoisotopic (exact) mass is 431 g/mol. The van der Waals surface area contributed by atoms with E-state index in [1.807, 2.05) is 40.8 Å². The third-order valence-electron chi connectivity index (χ3n) is 5.62. The Hall–Kier alpha value is -2.91. The maximum atomic E-state index is 13.2. The Balaban J connectivity index is 1.75. The molecule has 4 rings (SSSR count). The fourth-order valence-electron chi connectivity index (χ4n) is 4.18. The largest absolute Gasteiger partial charge is 0.481 e. The first-order valence-corrected chi connectivity index (χ1v) is 10.9. The Morgan fingerprint density at radius 3 is 2.50 bits per heavy atom. The third-order valence-corrected chi connectivity index (χ3v) is 7.54. The fourth-order valence-corrected chi connectivity index (χ4v) is 5.52. The number of para-hydroxylation sites is 1. The molecule has 2 heterocycles. The number of aromatic nitrogens is 1. The van der Waals surface area contributed by atoms with Gasteiger partial charge in [-0.05, 0) is 30.3 Å². The first kappa shape index (κ1) is 20.4. The van der Waals surface area contributed by atoms with Crippen LogP contribution in [0.15, 0.2) is 53.4 Å². The maximum Gasteiger partial charge on any atom is 0.307 e. The molecule has 1 aromatic heterocycles. The summed E-state index contributed by atoms with van der Waals surface area (Å²) in [6.07, 6.45) is -0.110. The number of anilines is 1. The molecular formula is C21H22FN3O4S. The van der Waals surface area contributed by atoms with Crippen molar-refractivity contribution in [3.63, 3.8) is 0 Å². The molecular weight excluding hydrogens is 409 g/mol. The summed E-state index contributed by atoms with van der Waals surface area (Å²) in [4.78, 5) is 13.4. The van der Waals surface area contributed by atoms with Crippen molar-refractivity contribution < 1.29 is 22.7 Å². The number of sulfonamides is 1. The van der Waals surface area contributed by atoms with Crippen LogP contribution in [0.4, 0.5) is 10.2 Å². The van der Waals surface area contributed by atoms with Gasteiger partial charge in [0, 0.05) is 38.1 Å². The number of carboxylic acids is 1. The Morgan fingerprint density at radius 2 is 1.83 bits per heavy atom. The van der Waals surface area contributed by atoms with Crippen molar-refractivity contribution in [3.8, 4) is 0 Å². The van der Waals surface area contributed by atoms with E-state index in [9.17, 15) is 22.7 Å². The van der Waals surface area contributed by atoms with Crippen LogP contribution in [0.5, 0.6) is 0 Å². The summed E-state index contributed by atoms with van der Waals surface area (Å²) in [6, 6.07) is 11.9. The molecule has 30 heavy (non-hydrogen) atoms. The minimum Gasteiger partial charge on any atom is -0.481 e. The number of aliphatic carboxylic acids is 1. The van der Waals surface area contributed by atoms with Gasteiger partial charge in [-0.25, -0.2) is 12.8 Å². The van der Waals surface area contributed by atoms with Crippen molar-refractivity contribution in [3.05, 3.63) is 59.9 Å². The lowest BCUT2D eigenvalue weighted by Gasteiger charge is -2.38. The van der Waals surface area contributed by atoms with Gasteiger partial charge in [-0.15, -0.1) is 0 Å². The van der Waals surface area contributed by atoms with Gasteiger partial charge in [-0.2, -0.15) is 4.31 Å². The Bertz CT molecular complexity index is 1220. The van der Waals surface area contributed by atoms with E-state index in [0.717, 1.165) is 34.4 Å². The van der Waals surface area contributed by atoms with Crippen LogP contribution < -0.4 is 4.90 Å². The normalized spacial score (nSPS) is 16.8. The number of carbonyl (C=O) groups is 1. The van der Waals surface area contributed by atoms with Gasteiger partial charge in [0.1, 0.15) is 11.6 Å². The highest BCUT2D eigenvalue weighted by atomic mass is 32.2. The zero-order valence-corrected chi connectivity index (χ0v) is 17.4. The summed E-state index contributed by atoms with van der Waals surface area (Å²) in [5, 5.41) is 10.2. The summed E-state index contributed by atoms with van der Waals surface area (Å²) in [5.41, 5.74) is 1.59. The molecule has 0 spiro atoms. The molecule has 0 radical (unpaired) electrons. The second-order valence-corrected chi connectivity index (χ2v) is 9.51. The molecule has 158 valence electrons. The molecule has 0 bridgehead atoms. The van der Waals surface area contributed by atoms with Gasteiger partial charge in [-0.3, -0.25) is 4.79 Å². The average molecular weight is 431 g/mol. The highest BCUT2D eigenvalue weighted by Gasteiger charge is 2.35. The molecule has 3 aromatic rings. The molecule has 2 aromatic carbocycles. The third kappa shape index (κ3) is 3.33. The van der Waals surface area contributed by atoms with Crippen molar-refractivity contribution in [2.24, 2.45) is 0 Å². The van der Waals surface area contributed by atoms with Crippen LogP contribution >= 0.6 is 0 Å². The van der Waals surface area contributed by atoms with E-state index in [1.54, 1.807) is 0 Å². The van der Waals surface area contributed by atoms with Crippen LogP contribution in [-0.4, -0.2) is 55.0 Å². The number of benzene rings is 2. The Kier molecular flexibility index (Phi) is 5.03. The van der Waals surface area contributed by atoms with Gasteiger partial charge in [-0.1, -0.05) is 18.2 Å². The number of carboxylic acid groups (broad SMARTS) is 1. The minimum absolute atomic E-state index is 0.0313. The van der Waals surface area contributed by atoms with E-state index in [0.29, 0.717) is 13.1 Å². The molecule has 1 N–H and O–H groups in total. The van der Waals surface area contributed by atoms with E-state index in [1.165, 1.54) is 23.5 Å². The summed E-state index contributed by atoms with van der Waals surface area (Å²) >= 11 is 0. The van der Waals surface area contributed by atoms with Gasteiger partial charge in [0.05, 0.1) is 22.9 Å². The maximum absolute atomic E-state index is 13.2. The number of rotatable bonds is 5. The number of nitrogens with zero attached hydrogens (tertiary/aromatic N) is 3. The molecule has 1 atom stereocenters. The molecule has 7 nitrogen and oxygen atoms in total. The second-order valence-electron chi connectivity index (χ2n) is 7.51. The molecule has 0 aliphatic carbocycles. The van der Waals surface area contributed by atoms with E-state index < -0.39 is 21.8 Å². The van der Waals surface area contributed by atoms with E-state index in [4.69, 9.17) is 0 Å². The van der Waals surface area contributed by atoms with Gasteiger partial charge in [0.25, 0.3) is 0 Å². The highest BCUT2D eigenvalue weighted by molar-refractivity contribution is 7.89. The lowest BCUT2D eigenvalue weighted by molar-refractivity contribution is -0.136. The van der Waals surface area contributed by atoms with Crippen molar-refractivity contribution in [1.82, 2.24) is 8.87 Å². The van der Waals surface area contributed by atoms with E-state index in [2.05, 4.69) is 0 Å². The minimum atomic E-state index is -3.81. The summed E-state index contributed by atoms with van der Waals surface area (Å²) in [5.74, 6) is -0.619. The molecule has 1 aliphatic rings. The van der Waals surface area contributed by atoms with Gasteiger partial charge >= 0.3 is 5.97 Å². The smallest absolute Gasteiger partial charge is 0.307 e. The van der Waals surface area contributed by atoms with E-state index >= 15 is 0 Å². The first-order chi connectivity index (χ1) is 14.2. The summed E-state index contributed by atoms with van der Waals surface area (Å²) in [6.45, 7) is 0.788. The lowest BCUT2D eigenvalue weighted by atomic mass is 10.1. The Morgan fingerprint density at radius 1 is 1.17 bits per heavy atom. The molecule has 0 amide bonds. The molecule has 1 aliphatic heterocycles. The quantitative estimate of drug-likeness (QED) is 0.671. The SMILES string of the molecule is CN1CC(N(C)S(=O)(=O)c2ccc(F)cc2)Cn2c1c(CC(=O)O)c1ccccc12. The number of hydrogen-bond donors (Lipinski definition) is 1. The van der Waals surface area contributed by atoms with E-state index in [-0.39, 0.29) is 17.4 Å². The predicted molar refractivity (Wildman–Crippen MR) is 112 cm³/mol. The van der Waals surface area contributed by atoms with Crippen LogP contribution in [0.2, 0.25) is 0 Å². The first-order valence-electron chi connectivity index (χ1n) is 9.46. The van der Waals surface area contributed by atoms with Crippen molar-refractivity contribution in [1.29, 1.82) is 0 Å². The second kappa shape index (κ2) is 7.41. The molecule has 1 unspecified atom stereocenters. The van der Waals surface area contributed by atoms with Crippen LogP contribution in [0.25, 0.3) is 10.9 Å². The lowest BCUT2D eigenvalue weighted by Crippen LogP contribution is -2.49. The molecule has 0 saturated heterocycles. The van der Waals surface area contributed by atoms with Crippen LogP contribution in [0.1, 0.15) is 5.56 Å². The topological polar surface area (TPSA) is 82.9 Å². The zero-order chi connectivity index (χ0) is 21.6. The molecule has 0 fully saturated rings. The summed E-state index contributed by atoms with van der Waals surface area (Å²) in [7, 11) is -0.460. The van der Waals surface area contributed by atoms with Gasteiger partial charge in [0.15, 0.2) is 0 Å². The molecule has 9 heteroatoms.